The highest BCUT2D eigenvalue weighted by atomic mass is 16.2. The molecule has 0 N–H and O–H groups in total. The molecule has 2 aromatic rings. The Bertz CT molecular complexity index is 743. The van der Waals surface area contributed by atoms with Crippen molar-refractivity contribution in [1.29, 1.82) is 0 Å². The van der Waals surface area contributed by atoms with E-state index >= 15 is 0 Å². The number of likely N-dealkylation sites (tertiary alicyclic amines) is 1. The zero-order valence-electron chi connectivity index (χ0n) is 13.0. The summed E-state index contributed by atoms with van der Waals surface area (Å²) in [5, 5.41) is 0. The first kappa shape index (κ1) is 14.8. The molecule has 22 heavy (non-hydrogen) atoms. The molecule has 5 heteroatoms. The lowest BCUT2D eigenvalue weighted by Gasteiger charge is -2.39. The monoisotopic (exact) mass is 299 g/mol. The Hall–Kier alpha value is -2.17. The fourth-order valence-corrected chi connectivity index (χ4v) is 3.41. The summed E-state index contributed by atoms with van der Waals surface area (Å²) in [6.45, 7) is 4.25. The van der Waals surface area contributed by atoms with E-state index < -0.39 is 0 Å². The largest absolute Gasteiger partial charge is 0.336 e. The molecule has 2 unspecified atom stereocenters. The van der Waals surface area contributed by atoms with Crippen LogP contribution in [0.4, 0.5) is 0 Å². The molecule has 0 saturated carbocycles. The summed E-state index contributed by atoms with van der Waals surface area (Å²) < 4.78 is 1.53. The van der Waals surface area contributed by atoms with E-state index in [2.05, 4.69) is 18.8 Å². The molecule has 1 saturated heterocycles. The van der Waals surface area contributed by atoms with Gasteiger partial charge >= 0.3 is 0 Å². The van der Waals surface area contributed by atoms with Crippen LogP contribution in [-0.2, 0) is 11.3 Å². The first-order valence-electron chi connectivity index (χ1n) is 7.83. The number of nitrogens with zero attached hydrogens (tertiary/aromatic N) is 3. The quantitative estimate of drug-likeness (QED) is 0.854. The number of fused-ring (bicyclic) bond motifs is 1. The number of rotatable bonds is 2. The highest BCUT2D eigenvalue weighted by Gasteiger charge is 2.29. The topological polar surface area (TPSA) is 55.2 Å². The summed E-state index contributed by atoms with van der Waals surface area (Å²) in [5.74, 6) is 0.0122. The van der Waals surface area contributed by atoms with E-state index in [1.165, 1.54) is 10.8 Å². The van der Waals surface area contributed by atoms with Crippen LogP contribution in [0.15, 0.2) is 35.3 Å². The lowest BCUT2D eigenvalue weighted by atomic mass is 9.97. The molecular formula is C17H21N3O2. The number of piperidine rings is 1. The number of amides is 1. The molecule has 3 rings (SSSR count). The fourth-order valence-electron chi connectivity index (χ4n) is 3.41. The second kappa shape index (κ2) is 5.91. The smallest absolute Gasteiger partial charge is 0.269 e. The number of hydrogen-bond donors (Lipinski definition) is 0. The van der Waals surface area contributed by atoms with Crippen LogP contribution < -0.4 is 5.56 Å². The Morgan fingerprint density at radius 2 is 1.91 bits per heavy atom. The number of aromatic nitrogens is 2. The minimum absolute atomic E-state index is 0.0122. The fraction of sp³-hybridized carbons (Fsp3) is 0.471. The van der Waals surface area contributed by atoms with Gasteiger partial charge in [-0.15, -0.1) is 0 Å². The lowest BCUT2D eigenvalue weighted by Crippen LogP contribution is -2.49. The molecule has 0 radical (unpaired) electrons. The Labute approximate surface area is 129 Å². The minimum atomic E-state index is -0.232. The molecule has 1 aromatic carbocycles. The van der Waals surface area contributed by atoms with E-state index in [1.54, 1.807) is 0 Å². The normalized spacial score (nSPS) is 22.0. The van der Waals surface area contributed by atoms with Gasteiger partial charge in [0.2, 0.25) is 5.91 Å². The molecule has 0 spiro atoms. The lowest BCUT2D eigenvalue weighted by molar-refractivity contribution is -0.137. The molecule has 116 valence electrons. The Kier molecular flexibility index (Phi) is 3.96. The average molecular weight is 299 g/mol. The van der Waals surface area contributed by atoms with Crippen molar-refractivity contribution in [3.63, 3.8) is 0 Å². The predicted molar refractivity (Wildman–Crippen MR) is 85.6 cm³/mol. The molecule has 5 nitrogen and oxygen atoms in total. The third kappa shape index (κ3) is 2.63. The molecule has 1 fully saturated rings. The summed E-state index contributed by atoms with van der Waals surface area (Å²) in [4.78, 5) is 30.9. The van der Waals surface area contributed by atoms with Gasteiger partial charge in [-0.05, 0) is 45.2 Å². The van der Waals surface area contributed by atoms with Crippen LogP contribution in [-0.4, -0.2) is 32.4 Å². The Balaban J connectivity index is 1.94. The van der Waals surface area contributed by atoms with Crippen LogP contribution in [0.5, 0.6) is 0 Å². The van der Waals surface area contributed by atoms with Crippen LogP contribution in [0.25, 0.3) is 11.0 Å². The molecule has 2 heterocycles. The minimum Gasteiger partial charge on any atom is -0.336 e. The maximum atomic E-state index is 12.7. The van der Waals surface area contributed by atoms with E-state index in [0.29, 0.717) is 5.52 Å². The van der Waals surface area contributed by atoms with Crippen LogP contribution in [0.2, 0.25) is 0 Å². The molecule has 0 bridgehead atoms. The zero-order valence-corrected chi connectivity index (χ0v) is 13.0. The number of carbonyl (C=O) groups is 1. The van der Waals surface area contributed by atoms with Crippen molar-refractivity contribution in [2.45, 2.75) is 51.7 Å². The van der Waals surface area contributed by atoms with Gasteiger partial charge < -0.3 is 4.90 Å². The van der Waals surface area contributed by atoms with Crippen LogP contribution >= 0.6 is 0 Å². The third-order valence-electron chi connectivity index (χ3n) is 4.53. The van der Waals surface area contributed by atoms with Gasteiger partial charge in [0.25, 0.3) is 5.56 Å². The third-order valence-corrected chi connectivity index (χ3v) is 4.53. The SMILES string of the molecule is CC1CCCC(C)N1C(=O)Cn1c(=O)cnc2ccccc21. The van der Waals surface area contributed by atoms with Crippen molar-refractivity contribution in [1.82, 2.24) is 14.5 Å². The summed E-state index contributed by atoms with van der Waals surface area (Å²) in [7, 11) is 0. The van der Waals surface area contributed by atoms with Gasteiger partial charge in [0.05, 0.1) is 17.2 Å². The number of carbonyl (C=O) groups excluding carboxylic acids is 1. The molecule has 1 aliphatic heterocycles. The zero-order chi connectivity index (χ0) is 15.7. The molecular weight excluding hydrogens is 278 g/mol. The number of benzene rings is 1. The first-order chi connectivity index (χ1) is 10.6. The molecule has 1 aromatic heterocycles. The van der Waals surface area contributed by atoms with Crippen molar-refractivity contribution in [2.24, 2.45) is 0 Å². The van der Waals surface area contributed by atoms with E-state index in [1.807, 2.05) is 29.2 Å². The maximum Gasteiger partial charge on any atom is 0.269 e. The number of hydrogen-bond acceptors (Lipinski definition) is 3. The second-order valence-electron chi connectivity index (χ2n) is 6.10. The number of para-hydroxylation sites is 2. The van der Waals surface area contributed by atoms with E-state index in [9.17, 15) is 9.59 Å². The van der Waals surface area contributed by atoms with Gasteiger partial charge in [-0.3, -0.25) is 14.2 Å². The predicted octanol–water partition coefficient (Wildman–Crippen LogP) is 2.19. The van der Waals surface area contributed by atoms with Gasteiger partial charge in [0.15, 0.2) is 0 Å². The Morgan fingerprint density at radius 1 is 1.23 bits per heavy atom. The van der Waals surface area contributed by atoms with Crippen molar-refractivity contribution in [3.05, 3.63) is 40.8 Å². The van der Waals surface area contributed by atoms with Crippen LogP contribution in [0.1, 0.15) is 33.1 Å². The van der Waals surface area contributed by atoms with Crippen LogP contribution in [0, 0.1) is 0 Å². The highest BCUT2D eigenvalue weighted by molar-refractivity contribution is 5.80. The molecule has 2 atom stereocenters. The summed E-state index contributed by atoms with van der Waals surface area (Å²) in [6, 6.07) is 7.89. The molecule has 1 aliphatic rings. The second-order valence-corrected chi connectivity index (χ2v) is 6.10. The van der Waals surface area contributed by atoms with Gasteiger partial charge in [0.1, 0.15) is 6.54 Å². The highest BCUT2D eigenvalue weighted by Crippen LogP contribution is 2.23. The van der Waals surface area contributed by atoms with Crippen LogP contribution in [0.3, 0.4) is 0 Å². The van der Waals surface area contributed by atoms with Crippen molar-refractivity contribution in [3.8, 4) is 0 Å². The maximum absolute atomic E-state index is 12.7. The van der Waals surface area contributed by atoms with E-state index in [0.717, 1.165) is 24.8 Å². The van der Waals surface area contributed by atoms with Crippen molar-refractivity contribution >= 4 is 16.9 Å². The van der Waals surface area contributed by atoms with Gasteiger partial charge in [0, 0.05) is 12.1 Å². The summed E-state index contributed by atoms with van der Waals surface area (Å²) >= 11 is 0. The summed E-state index contributed by atoms with van der Waals surface area (Å²) in [5.41, 5.74) is 1.21. The molecule has 1 amide bonds. The van der Waals surface area contributed by atoms with Gasteiger partial charge in [-0.25, -0.2) is 4.98 Å². The van der Waals surface area contributed by atoms with Crippen molar-refractivity contribution in [2.75, 3.05) is 0 Å². The first-order valence-corrected chi connectivity index (χ1v) is 7.83. The Morgan fingerprint density at radius 3 is 2.64 bits per heavy atom. The van der Waals surface area contributed by atoms with Gasteiger partial charge in [-0.1, -0.05) is 12.1 Å². The van der Waals surface area contributed by atoms with E-state index in [4.69, 9.17) is 0 Å². The van der Waals surface area contributed by atoms with E-state index in [-0.39, 0.29) is 30.1 Å². The molecule has 0 aliphatic carbocycles. The standard InChI is InChI=1S/C17H21N3O2/c1-12-6-5-7-13(2)20(12)17(22)11-19-15-9-4-3-8-14(15)18-10-16(19)21/h3-4,8-10,12-13H,5-7,11H2,1-2H3. The van der Waals surface area contributed by atoms with Gasteiger partial charge in [-0.2, -0.15) is 0 Å². The van der Waals surface area contributed by atoms with Crippen molar-refractivity contribution < 1.29 is 4.79 Å². The summed E-state index contributed by atoms with van der Waals surface area (Å²) in [6.07, 6.45) is 4.51. The average Bonchev–Trinajstić information content (AvgIpc) is 2.50.